The number of amides is 2. The Morgan fingerprint density at radius 1 is 0.837 bits per heavy atom. The lowest BCUT2D eigenvalue weighted by molar-refractivity contribution is -0.150. The van der Waals surface area contributed by atoms with Crippen LogP contribution >= 0.6 is 0 Å². The molecule has 0 fully saturated rings. The number of aliphatic hydroxyl groups is 1. The third kappa shape index (κ3) is 10.8. The summed E-state index contributed by atoms with van der Waals surface area (Å²) in [5.74, 6) is -1.74. The zero-order valence-corrected chi connectivity index (χ0v) is 24.6. The summed E-state index contributed by atoms with van der Waals surface area (Å²) >= 11 is 0. The smallest absolute Gasteiger partial charge is 0.309 e. The number of hydrogen-bond donors (Lipinski definition) is 3. The standard InChI is InChI=1S/C36H42N2O5/c39-25-32(22-28-15-7-2-8-16-28)37-34(40)24-30-19-11-4-12-20-31(21-27-13-5-1-6-14-27)36(42)43-26-33(38-35(30)41)23-29-17-9-3-10-18-29/h1-11,13-18,30-33,39H,12,19-26H2,(H,37,40)(H,38,41)/t30-,31-,32-,33-/m1/s1. The molecule has 7 heteroatoms. The molecule has 226 valence electrons. The molecule has 0 bridgehead atoms. The van der Waals surface area contributed by atoms with Gasteiger partial charge in [-0.2, -0.15) is 0 Å². The molecule has 0 aromatic heterocycles. The van der Waals surface area contributed by atoms with Gasteiger partial charge in [0.2, 0.25) is 11.8 Å². The average Bonchev–Trinajstić information content (AvgIpc) is 3.03. The number of carbonyl (C=O) groups is 3. The molecular formula is C36H42N2O5. The van der Waals surface area contributed by atoms with Crippen molar-refractivity contribution in [1.29, 1.82) is 0 Å². The molecule has 7 nitrogen and oxygen atoms in total. The molecule has 0 unspecified atom stereocenters. The van der Waals surface area contributed by atoms with Gasteiger partial charge in [0.15, 0.2) is 0 Å². The number of ether oxygens (including phenoxy) is 1. The van der Waals surface area contributed by atoms with E-state index in [-0.39, 0.29) is 43.3 Å². The van der Waals surface area contributed by atoms with Gasteiger partial charge in [-0.05, 0) is 55.2 Å². The number of rotatable bonds is 10. The van der Waals surface area contributed by atoms with Crippen molar-refractivity contribution in [1.82, 2.24) is 10.6 Å². The van der Waals surface area contributed by atoms with Crippen LogP contribution in [-0.2, 0) is 38.4 Å². The van der Waals surface area contributed by atoms with E-state index in [0.29, 0.717) is 38.5 Å². The highest BCUT2D eigenvalue weighted by atomic mass is 16.5. The number of nitrogens with one attached hydrogen (secondary N) is 2. The Morgan fingerprint density at radius 3 is 2.07 bits per heavy atom. The van der Waals surface area contributed by atoms with Gasteiger partial charge < -0.3 is 20.5 Å². The van der Waals surface area contributed by atoms with Crippen LogP contribution in [0.4, 0.5) is 0 Å². The summed E-state index contributed by atoms with van der Waals surface area (Å²) in [7, 11) is 0. The van der Waals surface area contributed by atoms with Crippen molar-refractivity contribution in [2.45, 2.75) is 57.0 Å². The van der Waals surface area contributed by atoms with Gasteiger partial charge in [0, 0.05) is 6.42 Å². The van der Waals surface area contributed by atoms with Crippen molar-refractivity contribution >= 4 is 17.8 Å². The highest BCUT2D eigenvalue weighted by Gasteiger charge is 2.27. The molecule has 2 amide bonds. The third-order valence-corrected chi connectivity index (χ3v) is 7.74. The molecule has 4 atom stereocenters. The van der Waals surface area contributed by atoms with Gasteiger partial charge in [-0.3, -0.25) is 14.4 Å². The van der Waals surface area contributed by atoms with Crippen molar-refractivity contribution in [2.24, 2.45) is 11.8 Å². The van der Waals surface area contributed by atoms with E-state index >= 15 is 0 Å². The van der Waals surface area contributed by atoms with Gasteiger partial charge in [0.05, 0.1) is 30.5 Å². The zero-order chi connectivity index (χ0) is 30.3. The van der Waals surface area contributed by atoms with Gasteiger partial charge in [0.25, 0.3) is 0 Å². The van der Waals surface area contributed by atoms with Crippen LogP contribution in [-0.4, -0.2) is 48.2 Å². The van der Waals surface area contributed by atoms with Gasteiger partial charge in [0.1, 0.15) is 6.61 Å². The quantitative estimate of drug-likeness (QED) is 0.240. The second-order valence-corrected chi connectivity index (χ2v) is 11.2. The van der Waals surface area contributed by atoms with Gasteiger partial charge in [-0.15, -0.1) is 0 Å². The summed E-state index contributed by atoms with van der Waals surface area (Å²) < 4.78 is 5.83. The monoisotopic (exact) mass is 582 g/mol. The van der Waals surface area contributed by atoms with E-state index in [0.717, 1.165) is 16.7 Å². The molecule has 1 aliphatic heterocycles. The Kier molecular flexibility index (Phi) is 12.5. The second-order valence-electron chi connectivity index (χ2n) is 11.2. The maximum atomic E-state index is 13.6. The Bertz CT molecular complexity index is 1310. The van der Waals surface area contributed by atoms with E-state index in [1.54, 1.807) is 0 Å². The molecule has 1 aliphatic rings. The number of hydrogen-bond acceptors (Lipinski definition) is 5. The Hall–Kier alpha value is -4.23. The molecule has 0 aliphatic carbocycles. The summed E-state index contributed by atoms with van der Waals surface area (Å²) in [6.45, 7) is -0.160. The van der Waals surface area contributed by atoms with Crippen LogP contribution in [0.3, 0.4) is 0 Å². The van der Waals surface area contributed by atoms with Crippen LogP contribution < -0.4 is 10.6 Å². The van der Waals surface area contributed by atoms with Crippen LogP contribution in [0.25, 0.3) is 0 Å². The Labute approximate surface area is 254 Å². The van der Waals surface area contributed by atoms with Gasteiger partial charge in [-0.25, -0.2) is 0 Å². The van der Waals surface area contributed by atoms with Crippen LogP contribution in [0, 0.1) is 11.8 Å². The van der Waals surface area contributed by atoms with Crippen LogP contribution in [0.2, 0.25) is 0 Å². The first kappa shape index (κ1) is 31.7. The van der Waals surface area contributed by atoms with Gasteiger partial charge >= 0.3 is 5.97 Å². The van der Waals surface area contributed by atoms with Crippen molar-refractivity contribution in [3.8, 4) is 0 Å². The average molecular weight is 583 g/mol. The van der Waals surface area contributed by atoms with E-state index in [1.807, 2.05) is 103 Å². The van der Waals surface area contributed by atoms with Crippen molar-refractivity contribution in [3.63, 3.8) is 0 Å². The molecule has 3 N–H and O–H groups in total. The minimum atomic E-state index is -0.609. The SMILES string of the molecule is O=C(C[C@H]1CC=CCC[C@H](Cc2ccccc2)C(=O)OC[C@@H](Cc2ccccc2)NC1=O)N[C@@H](CO)Cc1ccccc1. The summed E-state index contributed by atoms with van der Waals surface area (Å²) in [6, 6.07) is 28.4. The highest BCUT2D eigenvalue weighted by molar-refractivity contribution is 5.86. The fourth-order valence-corrected chi connectivity index (χ4v) is 5.40. The molecule has 3 aromatic carbocycles. The first-order valence-electron chi connectivity index (χ1n) is 15.1. The number of allylic oxidation sites excluding steroid dienone is 2. The number of aliphatic hydroxyl groups excluding tert-OH is 1. The number of esters is 1. The summed E-state index contributed by atoms with van der Waals surface area (Å²) in [5, 5.41) is 15.9. The first-order chi connectivity index (χ1) is 21.0. The largest absolute Gasteiger partial charge is 0.463 e. The molecule has 3 aromatic rings. The molecule has 1 heterocycles. The minimum absolute atomic E-state index is 0.0179. The first-order valence-corrected chi connectivity index (χ1v) is 15.1. The van der Waals surface area contributed by atoms with Crippen LogP contribution in [0.1, 0.15) is 42.4 Å². The predicted molar refractivity (Wildman–Crippen MR) is 167 cm³/mol. The third-order valence-electron chi connectivity index (χ3n) is 7.74. The number of cyclic esters (lactones) is 1. The van der Waals surface area contributed by atoms with Crippen molar-refractivity contribution in [2.75, 3.05) is 13.2 Å². The second kappa shape index (κ2) is 17.0. The van der Waals surface area contributed by atoms with E-state index in [9.17, 15) is 19.5 Å². The number of benzene rings is 3. The summed E-state index contributed by atoms with van der Waals surface area (Å²) in [4.78, 5) is 39.9. The van der Waals surface area contributed by atoms with Crippen LogP contribution in [0.15, 0.2) is 103 Å². The molecule has 4 rings (SSSR count). The van der Waals surface area contributed by atoms with E-state index in [4.69, 9.17) is 4.74 Å². The fraction of sp³-hybridized carbons (Fsp3) is 0.361. The van der Waals surface area contributed by atoms with Crippen LogP contribution in [0.5, 0.6) is 0 Å². The molecule has 0 saturated heterocycles. The van der Waals surface area contributed by atoms with Gasteiger partial charge in [-0.1, -0.05) is 103 Å². The minimum Gasteiger partial charge on any atom is -0.463 e. The normalized spacial score (nSPS) is 20.4. The Balaban J connectivity index is 1.47. The molecule has 0 spiro atoms. The molecule has 0 saturated carbocycles. The Morgan fingerprint density at radius 2 is 1.44 bits per heavy atom. The van der Waals surface area contributed by atoms with E-state index < -0.39 is 18.0 Å². The highest BCUT2D eigenvalue weighted by Crippen LogP contribution is 2.19. The molecule has 43 heavy (non-hydrogen) atoms. The summed E-state index contributed by atoms with van der Waals surface area (Å²) in [5.41, 5.74) is 3.09. The number of carbonyl (C=O) groups excluding carboxylic acids is 3. The maximum absolute atomic E-state index is 13.6. The maximum Gasteiger partial charge on any atom is 0.309 e. The molecule has 0 radical (unpaired) electrons. The lowest BCUT2D eigenvalue weighted by Gasteiger charge is -2.24. The summed E-state index contributed by atoms with van der Waals surface area (Å²) in [6.07, 6.45) is 7.13. The van der Waals surface area contributed by atoms with E-state index in [2.05, 4.69) is 10.6 Å². The van der Waals surface area contributed by atoms with E-state index in [1.165, 1.54) is 0 Å². The molecular weight excluding hydrogens is 540 g/mol. The topological polar surface area (TPSA) is 105 Å². The van der Waals surface area contributed by atoms with Crippen molar-refractivity contribution in [3.05, 3.63) is 120 Å². The predicted octanol–water partition coefficient (Wildman–Crippen LogP) is 4.58. The lowest BCUT2D eigenvalue weighted by Crippen LogP contribution is -2.45. The zero-order valence-electron chi connectivity index (χ0n) is 24.6. The van der Waals surface area contributed by atoms with Crippen molar-refractivity contribution < 1.29 is 24.2 Å². The lowest BCUT2D eigenvalue weighted by atomic mass is 9.94. The fourth-order valence-electron chi connectivity index (χ4n) is 5.40.